The number of nitrogens with one attached hydrogen (secondary N) is 1. The van der Waals surface area contributed by atoms with E-state index in [0.717, 1.165) is 12.2 Å². The number of aryl methyl sites for hydroxylation is 1. The van der Waals surface area contributed by atoms with E-state index in [0.29, 0.717) is 37.2 Å². The predicted octanol–water partition coefficient (Wildman–Crippen LogP) is 8.76. The Balaban J connectivity index is 0.00000352. The number of hydrogen-bond donors (Lipinski definition) is 1. The van der Waals surface area contributed by atoms with Gasteiger partial charge in [-0.05, 0) is 44.2 Å². The van der Waals surface area contributed by atoms with Gasteiger partial charge in [-0.1, -0.05) is 65.3 Å². The van der Waals surface area contributed by atoms with E-state index in [1.54, 1.807) is 43.7 Å². The maximum atomic E-state index is 13.9. The summed E-state index contributed by atoms with van der Waals surface area (Å²) in [5.74, 6) is -0.561. The molecule has 2 heterocycles. The van der Waals surface area contributed by atoms with Gasteiger partial charge in [0.15, 0.2) is 0 Å². The largest absolute Gasteiger partial charge is 0.419 e. The Bertz CT molecular complexity index is 1040. The number of nitrogens with zero attached hydrogens (tertiary/aromatic N) is 3. The van der Waals surface area contributed by atoms with Crippen molar-refractivity contribution in [3.8, 4) is 0 Å². The Labute approximate surface area is 222 Å². The Kier molecular flexibility index (Phi) is 13.1. The molecule has 1 aromatic rings. The van der Waals surface area contributed by atoms with Crippen molar-refractivity contribution in [2.24, 2.45) is 10.9 Å². The maximum absolute atomic E-state index is 13.9. The highest BCUT2D eigenvalue weighted by Gasteiger charge is 2.38. The van der Waals surface area contributed by atoms with Gasteiger partial charge in [-0.2, -0.15) is 31.4 Å². The molecule has 0 fully saturated rings. The van der Waals surface area contributed by atoms with Crippen LogP contribution >= 0.6 is 0 Å². The molecule has 10 heteroatoms. The molecule has 0 aromatic carbocycles. The van der Waals surface area contributed by atoms with E-state index < -0.39 is 29.5 Å². The molecule has 214 valence electrons. The summed E-state index contributed by atoms with van der Waals surface area (Å²) in [6.07, 6.45) is -0.678. The number of fused-ring (bicyclic) bond motifs is 1. The van der Waals surface area contributed by atoms with Gasteiger partial charge in [0.1, 0.15) is 5.84 Å². The highest BCUT2D eigenvalue weighted by molar-refractivity contribution is 5.99. The summed E-state index contributed by atoms with van der Waals surface area (Å²) in [5, 5.41) is 7.43. The number of aliphatic imine (C=N–C) groups is 1. The van der Waals surface area contributed by atoms with Crippen molar-refractivity contribution in [3.05, 3.63) is 59.0 Å². The SMILES string of the molecule is CC.C\C=C/C(=C\C(=C\CC)C(F)(F)F)c1cc2n(n1)CCCC2NC(=NC)/C(=C\C(C)CC)C(F)(F)F. The minimum absolute atomic E-state index is 0.213. The van der Waals surface area contributed by atoms with Crippen LogP contribution in [0.4, 0.5) is 26.3 Å². The molecule has 0 bridgehead atoms. The second kappa shape index (κ2) is 15.0. The van der Waals surface area contributed by atoms with E-state index in [1.807, 2.05) is 20.8 Å². The lowest BCUT2D eigenvalue weighted by atomic mass is 10.00. The van der Waals surface area contributed by atoms with Crippen LogP contribution in [0.2, 0.25) is 0 Å². The van der Waals surface area contributed by atoms with Gasteiger partial charge in [0.2, 0.25) is 0 Å². The Morgan fingerprint density at radius 2 is 1.84 bits per heavy atom. The molecule has 0 saturated carbocycles. The van der Waals surface area contributed by atoms with E-state index in [2.05, 4.69) is 15.4 Å². The molecule has 4 nitrogen and oxygen atoms in total. The first kappa shape index (κ1) is 33.2. The summed E-state index contributed by atoms with van der Waals surface area (Å²) in [6, 6.07) is 1.11. The summed E-state index contributed by atoms with van der Waals surface area (Å²) in [6.45, 7) is 11.3. The zero-order valence-corrected chi connectivity index (χ0v) is 23.3. The first-order chi connectivity index (χ1) is 17.8. The first-order valence-electron chi connectivity index (χ1n) is 13.1. The molecule has 1 N–H and O–H groups in total. The fraction of sp³-hybridized carbons (Fsp3) is 0.571. The normalized spacial score (nSPS) is 18.7. The zero-order valence-electron chi connectivity index (χ0n) is 23.3. The lowest BCUT2D eigenvalue weighted by Crippen LogP contribution is -2.37. The van der Waals surface area contributed by atoms with Crippen LogP contribution in [0.1, 0.15) is 84.7 Å². The number of amidine groups is 1. The first-order valence-corrected chi connectivity index (χ1v) is 13.1. The number of alkyl halides is 6. The third-order valence-corrected chi connectivity index (χ3v) is 5.93. The van der Waals surface area contributed by atoms with Gasteiger partial charge in [-0.3, -0.25) is 9.67 Å². The minimum Gasteiger partial charge on any atom is -0.362 e. The highest BCUT2D eigenvalue weighted by Crippen LogP contribution is 2.34. The van der Waals surface area contributed by atoms with E-state index >= 15 is 0 Å². The summed E-state index contributed by atoms with van der Waals surface area (Å²) >= 11 is 0. The van der Waals surface area contributed by atoms with Gasteiger partial charge < -0.3 is 5.32 Å². The van der Waals surface area contributed by atoms with Gasteiger partial charge in [0.05, 0.1) is 28.6 Å². The van der Waals surface area contributed by atoms with Crippen molar-refractivity contribution in [1.29, 1.82) is 0 Å². The third kappa shape index (κ3) is 9.20. The van der Waals surface area contributed by atoms with Gasteiger partial charge in [0, 0.05) is 19.2 Å². The van der Waals surface area contributed by atoms with Crippen LogP contribution in [0.5, 0.6) is 0 Å². The Hall–Kier alpha value is -2.78. The fourth-order valence-electron chi connectivity index (χ4n) is 3.94. The Morgan fingerprint density at radius 1 is 1.18 bits per heavy atom. The van der Waals surface area contributed by atoms with Gasteiger partial charge in [0.25, 0.3) is 0 Å². The lowest BCUT2D eigenvalue weighted by molar-refractivity contribution is -0.0888. The van der Waals surface area contributed by atoms with Crippen molar-refractivity contribution in [1.82, 2.24) is 15.1 Å². The van der Waals surface area contributed by atoms with Crippen molar-refractivity contribution in [2.45, 2.75) is 92.2 Å². The Morgan fingerprint density at radius 3 is 2.34 bits per heavy atom. The quantitative estimate of drug-likeness (QED) is 0.153. The molecule has 2 atom stereocenters. The zero-order chi connectivity index (χ0) is 29.1. The number of aromatic nitrogens is 2. The van der Waals surface area contributed by atoms with Crippen molar-refractivity contribution < 1.29 is 26.3 Å². The van der Waals surface area contributed by atoms with Crippen LogP contribution in [0.25, 0.3) is 5.57 Å². The smallest absolute Gasteiger partial charge is 0.362 e. The molecular formula is C28H40F6N4. The van der Waals surface area contributed by atoms with Crippen molar-refractivity contribution in [3.63, 3.8) is 0 Å². The number of hydrogen-bond acceptors (Lipinski definition) is 2. The fourth-order valence-corrected chi connectivity index (χ4v) is 3.94. The van der Waals surface area contributed by atoms with E-state index in [1.165, 1.54) is 13.1 Å². The van der Waals surface area contributed by atoms with Crippen molar-refractivity contribution >= 4 is 11.4 Å². The molecule has 0 amide bonds. The molecule has 1 aliphatic rings. The average Bonchev–Trinajstić information content (AvgIpc) is 3.30. The average molecular weight is 547 g/mol. The third-order valence-electron chi connectivity index (χ3n) is 5.93. The maximum Gasteiger partial charge on any atom is 0.419 e. The van der Waals surface area contributed by atoms with Crippen molar-refractivity contribution in [2.75, 3.05) is 7.05 Å². The summed E-state index contributed by atoms with van der Waals surface area (Å²) in [7, 11) is 1.30. The van der Waals surface area contributed by atoms with Crippen LogP contribution < -0.4 is 5.32 Å². The van der Waals surface area contributed by atoms with Crippen LogP contribution in [0.15, 0.2) is 52.6 Å². The summed E-state index contributed by atoms with van der Waals surface area (Å²) in [5.41, 5.74) is -0.406. The van der Waals surface area contributed by atoms with Crippen LogP contribution in [0, 0.1) is 5.92 Å². The molecule has 0 saturated heterocycles. The van der Waals surface area contributed by atoms with Crippen LogP contribution in [0.3, 0.4) is 0 Å². The summed E-state index contributed by atoms with van der Waals surface area (Å²) < 4.78 is 83.7. The number of rotatable bonds is 8. The highest BCUT2D eigenvalue weighted by atomic mass is 19.4. The molecule has 0 spiro atoms. The lowest BCUT2D eigenvalue weighted by Gasteiger charge is -2.27. The van der Waals surface area contributed by atoms with Gasteiger partial charge in [-0.25, -0.2) is 0 Å². The predicted molar refractivity (Wildman–Crippen MR) is 143 cm³/mol. The molecule has 2 unspecified atom stereocenters. The summed E-state index contributed by atoms with van der Waals surface area (Å²) in [4.78, 5) is 3.90. The van der Waals surface area contributed by atoms with Gasteiger partial charge in [-0.15, -0.1) is 0 Å². The minimum atomic E-state index is -4.59. The number of halogens is 6. The molecule has 0 aliphatic carbocycles. The second-order valence-corrected chi connectivity index (χ2v) is 8.72. The monoisotopic (exact) mass is 546 g/mol. The van der Waals surface area contributed by atoms with Crippen LogP contribution in [-0.2, 0) is 6.54 Å². The molecular weight excluding hydrogens is 506 g/mol. The van der Waals surface area contributed by atoms with E-state index in [-0.39, 0.29) is 23.7 Å². The number of allylic oxidation sites excluding steroid dienone is 7. The standard InChI is InChI=1S/C26H34F6N4.C2H6/c1-6-10-18(15-19(11-7-2)25(27,28)29)22-16-23-21(12-9-13-36(23)35-22)34-24(33-5)20(26(30,31)32)14-17(4)8-3;1-2/h6,10-11,14-17,21H,7-9,12-13H2,1-5H3,(H,33,34);1-2H3/b10-6-,18-15+,19-11-,20-14+;. The van der Waals surface area contributed by atoms with E-state index in [9.17, 15) is 26.3 Å². The van der Waals surface area contributed by atoms with Gasteiger partial charge >= 0.3 is 12.4 Å². The van der Waals surface area contributed by atoms with Crippen LogP contribution in [-0.4, -0.2) is 35.0 Å². The molecule has 1 aliphatic heterocycles. The topological polar surface area (TPSA) is 42.2 Å². The molecule has 2 rings (SSSR count). The molecule has 0 radical (unpaired) electrons. The molecule has 38 heavy (non-hydrogen) atoms. The second-order valence-electron chi connectivity index (χ2n) is 8.72. The van der Waals surface area contributed by atoms with E-state index in [4.69, 9.17) is 0 Å². The molecule has 1 aromatic heterocycles.